The number of nitrogens with zero attached hydrogens (tertiary/aromatic N) is 1. The Labute approximate surface area is 225 Å². The molecule has 0 atom stereocenters. The first-order valence-electron chi connectivity index (χ1n) is 12.3. The van der Waals surface area contributed by atoms with E-state index in [4.69, 9.17) is 14.5 Å². The number of thiophene rings is 1. The molecule has 0 fully saturated rings. The smallest absolute Gasteiger partial charge is 0.349 e. The zero-order chi connectivity index (χ0) is 27.6. The quantitative estimate of drug-likeness (QED) is 0.271. The van der Waals surface area contributed by atoms with Gasteiger partial charge in [-0.05, 0) is 65.3 Å². The minimum Gasteiger partial charge on any atom is -0.462 e. The molecule has 4 aromatic rings. The summed E-state index contributed by atoms with van der Waals surface area (Å²) in [5.74, 6) is -1.62. The van der Waals surface area contributed by atoms with Gasteiger partial charge in [-0.2, -0.15) is 0 Å². The van der Waals surface area contributed by atoms with Crippen molar-refractivity contribution >= 4 is 45.1 Å². The average molecular weight is 531 g/mol. The Balaban J connectivity index is 1.80. The number of aromatic nitrogens is 1. The molecule has 0 unspecified atom stereocenters. The summed E-state index contributed by atoms with van der Waals surface area (Å²) in [5, 5.41) is 3.76. The van der Waals surface area contributed by atoms with E-state index in [-0.39, 0.29) is 22.0 Å². The number of amides is 1. The van der Waals surface area contributed by atoms with Gasteiger partial charge in [0.25, 0.3) is 5.91 Å². The molecule has 196 valence electrons. The Morgan fingerprint density at radius 2 is 1.71 bits per heavy atom. The molecule has 0 saturated heterocycles. The van der Waals surface area contributed by atoms with Gasteiger partial charge >= 0.3 is 11.9 Å². The molecule has 0 radical (unpaired) electrons. The minimum absolute atomic E-state index is 0.142. The van der Waals surface area contributed by atoms with Crippen molar-refractivity contribution in [1.82, 2.24) is 4.98 Å². The summed E-state index contributed by atoms with van der Waals surface area (Å²) in [6, 6.07) is 17.0. The van der Waals surface area contributed by atoms with Gasteiger partial charge in [-0.15, -0.1) is 11.3 Å². The van der Waals surface area contributed by atoms with E-state index in [1.165, 1.54) is 0 Å². The molecule has 0 saturated carbocycles. The molecule has 1 amide bonds. The second-order valence-electron chi connectivity index (χ2n) is 9.88. The van der Waals surface area contributed by atoms with Gasteiger partial charge < -0.3 is 14.8 Å². The first kappa shape index (κ1) is 27.0. The third-order valence-corrected chi connectivity index (χ3v) is 6.90. The van der Waals surface area contributed by atoms with Crippen LogP contribution in [0.5, 0.6) is 0 Å². The third kappa shape index (κ3) is 5.75. The summed E-state index contributed by atoms with van der Waals surface area (Å²) in [4.78, 5) is 44.5. The van der Waals surface area contributed by atoms with E-state index in [1.807, 2.05) is 55.5 Å². The first-order valence-corrected chi connectivity index (χ1v) is 13.1. The van der Waals surface area contributed by atoms with Crippen LogP contribution in [0.2, 0.25) is 0 Å². The lowest BCUT2D eigenvalue weighted by molar-refractivity contribution is 0.00744. The molecule has 7 nitrogen and oxygen atoms in total. The lowest BCUT2D eigenvalue weighted by Crippen LogP contribution is -2.23. The van der Waals surface area contributed by atoms with Gasteiger partial charge in [0.2, 0.25) is 0 Å². The number of fused-ring (bicyclic) bond motifs is 1. The maximum absolute atomic E-state index is 13.7. The highest BCUT2D eigenvalue weighted by Crippen LogP contribution is 2.36. The van der Waals surface area contributed by atoms with Crippen LogP contribution >= 0.6 is 11.3 Å². The summed E-state index contributed by atoms with van der Waals surface area (Å²) in [7, 11) is 0. The first-order chi connectivity index (χ1) is 18.0. The van der Waals surface area contributed by atoms with Gasteiger partial charge in [0.15, 0.2) is 0 Å². The molecular weight excluding hydrogens is 500 g/mol. The highest BCUT2D eigenvalue weighted by molar-refractivity contribution is 7.18. The number of rotatable bonds is 6. The van der Waals surface area contributed by atoms with E-state index in [2.05, 4.69) is 5.32 Å². The van der Waals surface area contributed by atoms with Crippen molar-refractivity contribution in [1.29, 1.82) is 0 Å². The van der Waals surface area contributed by atoms with Crippen LogP contribution in [0.25, 0.3) is 22.2 Å². The topological polar surface area (TPSA) is 94.6 Å². The number of carbonyl (C=O) groups is 3. The predicted molar refractivity (Wildman–Crippen MR) is 150 cm³/mol. The number of anilines is 1. The zero-order valence-corrected chi connectivity index (χ0v) is 23.1. The lowest BCUT2D eigenvalue weighted by atomic mass is 10.0. The van der Waals surface area contributed by atoms with Crippen LogP contribution in [0.15, 0.2) is 54.6 Å². The van der Waals surface area contributed by atoms with Crippen LogP contribution in [0.1, 0.15) is 69.2 Å². The van der Waals surface area contributed by atoms with Gasteiger partial charge in [-0.25, -0.2) is 14.6 Å². The number of hydrogen-bond acceptors (Lipinski definition) is 7. The molecule has 38 heavy (non-hydrogen) atoms. The molecular formula is C30H30N2O5S. The molecule has 0 spiro atoms. The van der Waals surface area contributed by atoms with E-state index >= 15 is 0 Å². The number of nitrogens with one attached hydrogen (secondary N) is 1. The molecule has 2 aromatic carbocycles. The van der Waals surface area contributed by atoms with Gasteiger partial charge in [0.05, 0.1) is 28.9 Å². The molecule has 2 heterocycles. The Bertz CT molecular complexity index is 1550. The monoisotopic (exact) mass is 530 g/mol. The number of benzene rings is 2. The molecule has 4 rings (SSSR count). The van der Waals surface area contributed by atoms with Crippen molar-refractivity contribution in [2.24, 2.45) is 0 Å². The van der Waals surface area contributed by atoms with Crippen molar-refractivity contribution in [3.63, 3.8) is 0 Å². The Kier molecular flexibility index (Phi) is 7.64. The van der Waals surface area contributed by atoms with Crippen LogP contribution in [0.3, 0.4) is 0 Å². The maximum Gasteiger partial charge on any atom is 0.349 e. The third-order valence-electron chi connectivity index (χ3n) is 5.71. The van der Waals surface area contributed by atoms with Crippen molar-refractivity contribution in [2.75, 3.05) is 11.9 Å². The van der Waals surface area contributed by atoms with E-state index in [9.17, 15) is 14.4 Å². The number of hydrogen-bond donors (Lipinski definition) is 1. The molecule has 0 aliphatic heterocycles. The largest absolute Gasteiger partial charge is 0.462 e. The summed E-state index contributed by atoms with van der Waals surface area (Å²) in [5.41, 5.74) is 3.50. The van der Waals surface area contributed by atoms with Crippen LogP contribution < -0.4 is 5.32 Å². The van der Waals surface area contributed by atoms with Gasteiger partial charge in [0.1, 0.15) is 15.5 Å². The SMILES string of the molecule is CCOC(=O)c1c(NC(=O)c2cc(-c3cccc(C)c3)nc3ccccc23)sc(C(=O)OC(C)(C)C)c1C. The standard InChI is InChI=1S/C30H30N2O5S/c1-7-36-28(34)24-18(3)25(29(35)37-30(4,5)6)38-27(24)32-26(33)21-16-23(19-12-10-11-17(2)15-19)31-22-14-9-8-13-20(21)22/h8-16H,7H2,1-6H3,(H,32,33). The normalized spacial score (nSPS) is 11.3. The Morgan fingerprint density at radius 1 is 0.974 bits per heavy atom. The number of para-hydroxylation sites is 1. The highest BCUT2D eigenvalue weighted by Gasteiger charge is 2.30. The second kappa shape index (κ2) is 10.8. The maximum atomic E-state index is 13.7. The molecule has 8 heteroatoms. The van der Waals surface area contributed by atoms with Gasteiger partial charge in [-0.1, -0.05) is 42.0 Å². The zero-order valence-electron chi connectivity index (χ0n) is 22.3. The second-order valence-corrected chi connectivity index (χ2v) is 10.9. The fourth-order valence-corrected chi connectivity index (χ4v) is 5.12. The van der Waals surface area contributed by atoms with Crippen LogP contribution in [-0.4, -0.2) is 35.0 Å². The predicted octanol–water partition coefficient (Wildman–Crippen LogP) is 6.96. The minimum atomic E-state index is -0.719. The van der Waals surface area contributed by atoms with Crippen molar-refractivity contribution in [2.45, 2.75) is 47.1 Å². The summed E-state index contributed by atoms with van der Waals surface area (Å²) < 4.78 is 10.8. The molecule has 0 bridgehead atoms. The summed E-state index contributed by atoms with van der Waals surface area (Å²) >= 11 is 0.997. The number of esters is 2. The van der Waals surface area contributed by atoms with E-state index in [0.717, 1.165) is 22.5 Å². The average Bonchev–Trinajstić information content (AvgIpc) is 3.18. The fourth-order valence-electron chi connectivity index (χ4n) is 4.06. The summed E-state index contributed by atoms with van der Waals surface area (Å²) in [6.45, 7) is 10.8. The van der Waals surface area contributed by atoms with Crippen molar-refractivity contribution < 1.29 is 23.9 Å². The summed E-state index contributed by atoms with van der Waals surface area (Å²) in [6.07, 6.45) is 0. The molecule has 0 aliphatic rings. The number of aryl methyl sites for hydroxylation is 1. The number of pyridine rings is 1. The van der Waals surface area contributed by atoms with Crippen molar-refractivity contribution in [3.8, 4) is 11.3 Å². The van der Waals surface area contributed by atoms with Gasteiger partial charge in [0, 0.05) is 10.9 Å². The number of ether oxygens (including phenoxy) is 2. The lowest BCUT2D eigenvalue weighted by Gasteiger charge is -2.19. The molecule has 1 N–H and O–H groups in total. The van der Waals surface area contributed by atoms with Crippen LogP contribution in [0, 0.1) is 13.8 Å². The highest BCUT2D eigenvalue weighted by atomic mass is 32.1. The van der Waals surface area contributed by atoms with Gasteiger partial charge in [-0.3, -0.25) is 4.79 Å². The Morgan fingerprint density at radius 3 is 2.39 bits per heavy atom. The Hall–Kier alpha value is -4.04. The van der Waals surface area contributed by atoms with Crippen molar-refractivity contribution in [3.05, 3.63) is 81.7 Å². The van der Waals surface area contributed by atoms with Crippen LogP contribution in [-0.2, 0) is 9.47 Å². The van der Waals surface area contributed by atoms with Crippen LogP contribution in [0.4, 0.5) is 5.00 Å². The molecule has 2 aromatic heterocycles. The fraction of sp³-hybridized carbons (Fsp3) is 0.267. The van der Waals surface area contributed by atoms with E-state index < -0.39 is 23.4 Å². The van der Waals surface area contributed by atoms with E-state index in [0.29, 0.717) is 27.7 Å². The number of carbonyl (C=O) groups excluding carboxylic acids is 3. The van der Waals surface area contributed by atoms with E-state index in [1.54, 1.807) is 40.7 Å². The molecule has 0 aliphatic carbocycles.